The highest BCUT2D eigenvalue weighted by molar-refractivity contribution is 9.10. The van der Waals surface area contributed by atoms with Crippen LogP contribution in [0.5, 0.6) is 5.75 Å². The highest BCUT2D eigenvalue weighted by atomic mass is 79.9. The van der Waals surface area contributed by atoms with Crippen LogP contribution in [0.15, 0.2) is 22.7 Å². The first-order valence-corrected chi connectivity index (χ1v) is 7.08. The summed E-state index contributed by atoms with van der Waals surface area (Å²) in [5.41, 5.74) is -1.07. The number of nitro benzene ring substituents is 1. The molecule has 0 saturated carbocycles. The Balaban J connectivity index is 2.57. The van der Waals surface area contributed by atoms with Crippen molar-refractivity contribution in [2.24, 2.45) is 0 Å². The molecule has 1 unspecified atom stereocenters. The SMILES string of the molecule is CNC(C)(CCCOc1cc(Br)cc([N+](=O)[O-])c1)C(=O)O. The second kappa shape index (κ2) is 7.37. The number of hydrogen-bond donors (Lipinski definition) is 2. The quantitative estimate of drug-likeness (QED) is 0.419. The normalized spacial score (nSPS) is 13.5. The lowest BCUT2D eigenvalue weighted by molar-refractivity contribution is -0.385. The van der Waals surface area contributed by atoms with E-state index < -0.39 is 16.4 Å². The molecular formula is C13H17BrN2O5. The van der Waals surface area contributed by atoms with Gasteiger partial charge in [-0.05, 0) is 32.9 Å². The smallest absolute Gasteiger partial charge is 0.323 e. The van der Waals surface area contributed by atoms with Crippen molar-refractivity contribution in [1.82, 2.24) is 5.32 Å². The van der Waals surface area contributed by atoms with Crippen LogP contribution in [0.25, 0.3) is 0 Å². The molecule has 7 nitrogen and oxygen atoms in total. The van der Waals surface area contributed by atoms with Crippen LogP contribution in [-0.4, -0.2) is 35.2 Å². The minimum absolute atomic E-state index is 0.0648. The first-order valence-electron chi connectivity index (χ1n) is 6.28. The van der Waals surface area contributed by atoms with Crippen molar-refractivity contribution >= 4 is 27.6 Å². The Bertz CT molecular complexity index is 537. The molecule has 2 N–H and O–H groups in total. The number of hydrogen-bond acceptors (Lipinski definition) is 5. The van der Waals surface area contributed by atoms with Gasteiger partial charge in [-0.3, -0.25) is 14.9 Å². The molecule has 0 amide bonds. The van der Waals surface area contributed by atoms with E-state index in [1.54, 1.807) is 20.0 Å². The number of carboxylic acid groups (broad SMARTS) is 1. The maximum atomic E-state index is 11.1. The Morgan fingerprint density at radius 2 is 2.19 bits per heavy atom. The molecule has 1 aromatic rings. The third-order valence-corrected chi connectivity index (χ3v) is 3.64. The zero-order valence-electron chi connectivity index (χ0n) is 11.8. The second-order valence-electron chi connectivity index (χ2n) is 4.74. The number of benzene rings is 1. The second-order valence-corrected chi connectivity index (χ2v) is 5.66. The van der Waals surface area contributed by atoms with Gasteiger partial charge in [0.1, 0.15) is 11.3 Å². The van der Waals surface area contributed by atoms with E-state index in [0.717, 1.165) is 0 Å². The topological polar surface area (TPSA) is 102 Å². The van der Waals surface area contributed by atoms with Crippen molar-refractivity contribution < 1.29 is 19.6 Å². The summed E-state index contributed by atoms with van der Waals surface area (Å²) in [7, 11) is 1.59. The Labute approximate surface area is 130 Å². The summed E-state index contributed by atoms with van der Waals surface area (Å²) >= 11 is 3.18. The zero-order chi connectivity index (χ0) is 16.0. The van der Waals surface area contributed by atoms with Crippen molar-refractivity contribution in [3.05, 3.63) is 32.8 Å². The van der Waals surface area contributed by atoms with Crippen molar-refractivity contribution in [2.75, 3.05) is 13.7 Å². The van der Waals surface area contributed by atoms with Crippen LogP contribution in [0, 0.1) is 10.1 Å². The fourth-order valence-electron chi connectivity index (χ4n) is 1.69. The number of non-ortho nitro benzene ring substituents is 1. The lowest BCUT2D eigenvalue weighted by Crippen LogP contribution is -2.47. The van der Waals surface area contributed by atoms with Gasteiger partial charge in [0.05, 0.1) is 17.6 Å². The zero-order valence-corrected chi connectivity index (χ0v) is 13.3. The highest BCUT2D eigenvalue weighted by Crippen LogP contribution is 2.26. The summed E-state index contributed by atoms with van der Waals surface area (Å²) in [6.07, 6.45) is 0.888. The average Bonchev–Trinajstić information content (AvgIpc) is 2.42. The molecule has 0 radical (unpaired) electrons. The molecule has 0 heterocycles. The van der Waals surface area contributed by atoms with E-state index in [0.29, 0.717) is 23.1 Å². The summed E-state index contributed by atoms with van der Waals surface area (Å²) in [4.78, 5) is 21.3. The minimum atomic E-state index is -1.01. The lowest BCUT2D eigenvalue weighted by atomic mass is 9.96. The highest BCUT2D eigenvalue weighted by Gasteiger charge is 2.30. The Kier molecular flexibility index (Phi) is 6.10. The van der Waals surface area contributed by atoms with E-state index in [2.05, 4.69) is 21.2 Å². The number of nitro groups is 1. The molecular weight excluding hydrogens is 344 g/mol. The fraction of sp³-hybridized carbons (Fsp3) is 0.462. The number of halogens is 1. The van der Waals surface area contributed by atoms with Crippen LogP contribution >= 0.6 is 15.9 Å². The molecule has 0 saturated heterocycles. The number of carbonyl (C=O) groups is 1. The largest absolute Gasteiger partial charge is 0.493 e. The van der Waals surface area contributed by atoms with E-state index in [4.69, 9.17) is 9.84 Å². The Hall–Kier alpha value is -1.67. The minimum Gasteiger partial charge on any atom is -0.493 e. The first-order chi connectivity index (χ1) is 9.78. The van der Waals surface area contributed by atoms with Gasteiger partial charge < -0.3 is 15.2 Å². The summed E-state index contributed by atoms with van der Waals surface area (Å²) in [5.74, 6) is -0.555. The third-order valence-electron chi connectivity index (χ3n) is 3.18. The van der Waals surface area contributed by atoms with E-state index in [1.165, 1.54) is 12.1 Å². The molecule has 1 atom stereocenters. The van der Waals surface area contributed by atoms with Gasteiger partial charge in [-0.1, -0.05) is 15.9 Å². The molecule has 0 spiro atoms. The van der Waals surface area contributed by atoms with Gasteiger partial charge >= 0.3 is 5.97 Å². The maximum Gasteiger partial charge on any atom is 0.323 e. The van der Waals surface area contributed by atoms with Crippen LogP contribution < -0.4 is 10.1 Å². The Morgan fingerprint density at radius 3 is 2.71 bits per heavy atom. The average molecular weight is 361 g/mol. The van der Waals surface area contributed by atoms with Crippen LogP contribution in [0.1, 0.15) is 19.8 Å². The predicted molar refractivity (Wildman–Crippen MR) is 80.6 cm³/mol. The van der Waals surface area contributed by atoms with Gasteiger partial charge in [-0.15, -0.1) is 0 Å². The Morgan fingerprint density at radius 1 is 1.52 bits per heavy atom. The van der Waals surface area contributed by atoms with Crippen molar-refractivity contribution in [2.45, 2.75) is 25.3 Å². The van der Waals surface area contributed by atoms with Crippen LogP contribution in [-0.2, 0) is 4.79 Å². The van der Waals surface area contributed by atoms with Gasteiger partial charge in [0.25, 0.3) is 5.69 Å². The monoisotopic (exact) mass is 360 g/mol. The van der Waals surface area contributed by atoms with E-state index in [-0.39, 0.29) is 12.3 Å². The summed E-state index contributed by atoms with van der Waals surface area (Å²) in [6.45, 7) is 1.87. The summed E-state index contributed by atoms with van der Waals surface area (Å²) in [6, 6.07) is 4.34. The lowest BCUT2D eigenvalue weighted by Gasteiger charge is -2.23. The number of ether oxygens (including phenoxy) is 1. The first kappa shape index (κ1) is 17.4. The molecule has 0 aliphatic rings. The van der Waals surface area contributed by atoms with Crippen molar-refractivity contribution in [3.8, 4) is 5.75 Å². The number of aliphatic carboxylic acids is 1. The van der Waals surface area contributed by atoms with Gasteiger partial charge in [-0.25, -0.2) is 0 Å². The van der Waals surface area contributed by atoms with Crippen LogP contribution in [0.4, 0.5) is 5.69 Å². The van der Waals surface area contributed by atoms with Crippen molar-refractivity contribution in [3.63, 3.8) is 0 Å². The molecule has 0 aromatic heterocycles. The molecule has 1 rings (SSSR count). The van der Waals surface area contributed by atoms with E-state index in [9.17, 15) is 14.9 Å². The van der Waals surface area contributed by atoms with E-state index in [1.807, 2.05) is 0 Å². The van der Waals surface area contributed by atoms with E-state index >= 15 is 0 Å². The number of nitrogens with one attached hydrogen (secondary N) is 1. The molecule has 0 bridgehead atoms. The molecule has 0 fully saturated rings. The maximum absolute atomic E-state index is 11.1. The molecule has 116 valence electrons. The molecule has 21 heavy (non-hydrogen) atoms. The van der Waals surface area contributed by atoms with Gasteiger partial charge in [0.2, 0.25) is 0 Å². The molecule has 1 aromatic carbocycles. The number of carboxylic acids is 1. The number of rotatable bonds is 8. The third kappa shape index (κ3) is 4.98. The van der Waals surface area contributed by atoms with Gasteiger partial charge in [0.15, 0.2) is 0 Å². The summed E-state index contributed by atoms with van der Waals surface area (Å²) in [5, 5.41) is 22.6. The predicted octanol–water partition coefficient (Wildman–Crippen LogP) is 2.58. The van der Waals surface area contributed by atoms with Crippen molar-refractivity contribution in [1.29, 1.82) is 0 Å². The number of nitrogens with zero attached hydrogens (tertiary/aromatic N) is 1. The molecule has 8 heteroatoms. The van der Waals surface area contributed by atoms with Gasteiger partial charge in [-0.2, -0.15) is 0 Å². The fourth-order valence-corrected chi connectivity index (χ4v) is 2.15. The van der Waals surface area contributed by atoms with Crippen LogP contribution in [0.3, 0.4) is 0 Å². The number of likely N-dealkylation sites (N-methyl/N-ethyl adjacent to an activating group) is 1. The molecule has 0 aliphatic heterocycles. The van der Waals surface area contributed by atoms with Crippen LogP contribution in [0.2, 0.25) is 0 Å². The standard InChI is InChI=1S/C13H17BrN2O5/c1-13(15-2,12(17)18)4-3-5-21-11-7-9(14)6-10(8-11)16(19)20/h6-8,15H,3-5H2,1-2H3,(H,17,18). The molecule has 0 aliphatic carbocycles. The summed E-state index contributed by atoms with van der Waals surface area (Å²) < 4.78 is 6.00. The van der Waals surface area contributed by atoms with Gasteiger partial charge in [0, 0.05) is 10.5 Å².